The van der Waals surface area contributed by atoms with E-state index in [2.05, 4.69) is 5.10 Å². The maximum absolute atomic E-state index is 12.9. The van der Waals surface area contributed by atoms with E-state index in [1.54, 1.807) is 28.8 Å². The molecule has 0 bridgehead atoms. The van der Waals surface area contributed by atoms with Gasteiger partial charge in [-0.2, -0.15) is 5.10 Å². The molecule has 1 amide bonds. The van der Waals surface area contributed by atoms with Gasteiger partial charge < -0.3 is 14.2 Å². The van der Waals surface area contributed by atoms with Crippen LogP contribution in [0.25, 0.3) is 0 Å². The van der Waals surface area contributed by atoms with Crippen LogP contribution in [0.15, 0.2) is 29.2 Å². The zero-order chi connectivity index (χ0) is 17.3. The Kier molecular flexibility index (Phi) is 4.53. The molecule has 128 valence electrons. The molecule has 1 aliphatic heterocycles. The van der Waals surface area contributed by atoms with Crippen LogP contribution in [0, 0.1) is 0 Å². The van der Waals surface area contributed by atoms with Crippen LogP contribution in [0.4, 0.5) is 0 Å². The number of ether oxygens (including phenoxy) is 1. The van der Waals surface area contributed by atoms with Gasteiger partial charge in [-0.15, -0.1) is 0 Å². The van der Waals surface area contributed by atoms with E-state index in [9.17, 15) is 9.59 Å². The van der Waals surface area contributed by atoms with Crippen molar-refractivity contribution in [3.8, 4) is 0 Å². The molecule has 0 radical (unpaired) electrons. The lowest BCUT2D eigenvalue weighted by Crippen LogP contribution is -2.41. The topological polar surface area (TPSA) is 69.4 Å². The third-order valence-corrected chi connectivity index (χ3v) is 4.34. The number of rotatable bonds is 4. The Labute approximate surface area is 140 Å². The van der Waals surface area contributed by atoms with Gasteiger partial charge in [0.2, 0.25) is 0 Å². The summed E-state index contributed by atoms with van der Waals surface area (Å²) in [4.78, 5) is 26.5. The molecule has 3 heterocycles. The number of pyridine rings is 1. The average molecular weight is 330 g/mol. The number of aryl methyl sites for hydroxylation is 1. The molecular formula is C17H22N4O3. The second-order valence-electron chi connectivity index (χ2n) is 6.06. The van der Waals surface area contributed by atoms with Crippen LogP contribution in [0.1, 0.15) is 34.6 Å². The molecule has 1 aliphatic rings. The van der Waals surface area contributed by atoms with Crippen molar-refractivity contribution in [1.82, 2.24) is 19.2 Å². The first kappa shape index (κ1) is 16.4. The van der Waals surface area contributed by atoms with Crippen LogP contribution in [-0.2, 0) is 25.4 Å². The van der Waals surface area contributed by atoms with Crippen LogP contribution in [-0.4, -0.2) is 44.9 Å². The van der Waals surface area contributed by atoms with Gasteiger partial charge in [-0.25, -0.2) is 0 Å². The Bertz CT molecular complexity index is 808. The van der Waals surface area contributed by atoms with E-state index in [0.29, 0.717) is 32.0 Å². The van der Waals surface area contributed by atoms with E-state index in [-0.39, 0.29) is 17.4 Å². The lowest BCUT2D eigenvalue weighted by molar-refractivity contribution is 0.0641. The third kappa shape index (κ3) is 2.99. The maximum atomic E-state index is 12.9. The smallest absolute Gasteiger partial charge is 0.270 e. The van der Waals surface area contributed by atoms with E-state index in [0.717, 1.165) is 11.3 Å². The van der Waals surface area contributed by atoms with Gasteiger partial charge in [-0.3, -0.25) is 14.3 Å². The first-order valence-electron chi connectivity index (χ1n) is 8.06. The van der Waals surface area contributed by atoms with Gasteiger partial charge in [0.1, 0.15) is 5.69 Å². The van der Waals surface area contributed by atoms with Crippen molar-refractivity contribution in [1.29, 1.82) is 0 Å². The Balaban J connectivity index is 1.90. The van der Waals surface area contributed by atoms with E-state index in [1.807, 2.05) is 20.2 Å². The Hall–Kier alpha value is -2.41. The van der Waals surface area contributed by atoms with Crippen LogP contribution >= 0.6 is 0 Å². The van der Waals surface area contributed by atoms with Gasteiger partial charge in [-0.05, 0) is 13.0 Å². The summed E-state index contributed by atoms with van der Waals surface area (Å²) in [6, 6.07) is 4.75. The highest BCUT2D eigenvalue weighted by Gasteiger charge is 2.32. The Morgan fingerprint density at radius 2 is 2.17 bits per heavy atom. The number of nitrogens with zero attached hydrogens (tertiary/aromatic N) is 4. The number of carbonyl (C=O) groups excluding carboxylic acids is 1. The summed E-state index contributed by atoms with van der Waals surface area (Å²) in [5, 5.41) is 4.53. The molecule has 0 spiro atoms. The van der Waals surface area contributed by atoms with Crippen molar-refractivity contribution < 1.29 is 9.53 Å². The zero-order valence-corrected chi connectivity index (χ0v) is 14.2. The first-order chi connectivity index (χ1) is 11.5. The summed E-state index contributed by atoms with van der Waals surface area (Å²) >= 11 is 0. The van der Waals surface area contributed by atoms with E-state index >= 15 is 0 Å². The summed E-state index contributed by atoms with van der Waals surface area (Å²) < 4.78 is 8.73. The molecule has 1 atom stereocenters. The lowest BCUT2D eigenvalue weighted by Gasteiger charge is -2.32. The standard InChI is InChI=1S/C17H22N4O3/c1-4-24-11-13-10-21(9-12-8-19(2)18-16(12)13)17(23)14-6-5-7-15(22)20(14)3/h5-8,13H,4,9-11H2,1-3H3. The molecule has 1 unspecified atom stereocenters. The molecule has 0 saturated heterocycles. The fraction of sp³-hybridized carbons (Fsp3) is 0.471. The van der Waals surface area contributed by atoms with Crippen LogP contribution in [0.2, 0.25) is 0 Å². The monoisotopic (exact) mass is 330 g/mol. The molecular weight excluding hydrogens is 308 g/mol. The molecule has 3 rings (SSSR count). The normalized spacial score (nSPS) is 17.0. The van der Waals surface area contributed by atoms with Crippen molar-refractivity contribution in [3.05, 3.63) is 51.7 Å². The van der Waals surface area contributed by atoms with Gasteiger partial charge in [0.05, 0.1) is 12.3 Å². The molecule has 0 aliphatic carbocycles. The van der Waals surface area contributed by atoms with Gasteiger partial charge >= 0.3 is 0 Å². The summed E-state index contributed by atoms with van der Waals surface area (Å²) in [7, 11) is 3.50. The highest BCUT2D eigenvalue weighted by Crippen LogP contribution is 2.28. The van der Waals surface area contributed by atoms with Gasteiger partial charge in [0.15, 0.2) is 0 Å². The molecule has 0 N–H and O–H groups in total. The molecule has 2 aromatic rings. The van der Waals surface area contributed by atoms with Crippen LogP contribution in [0.5, 0.6) is 0 Å². The van der Waals surface area contributed by atoms with Crippen molar-refractivity contribution >= 4 is 5.91 Å². The lowest BCUT2D eigenvalue weighted by atomic mass is 9.97. The van der Waals surface area contributed by atoms with Crippen molar-refractivity contribution in [3.63, 3.8) is 0 Å². The number of amides is 1. The molecule has 0 fully saturated rings. The van der Waals surface area contributed by atoms with Gasteiger partial charge in [-0.1, -0.05) is 6.07 Å². The minimum Gasteiger partial charge on any atom is -0.381 e. The molecule has 0 aromatic carbocycles. The minimum absolute atomic E-state index is 0.0413. The summed E-state index contributed by atoms with van der Waals surface area (Å²) in [6.45, 7) is 4.13. The average Bonchev–Trinajstić information content (AvgIpc) is 2.94. The minimum atomic E-state index is -0.189. The second kappa shape index (κ2) is 6.60. The fourth-order valence-corrected chi connectivity index (χ4v) is 3.13. The predicted molar refractivity (Wildman–Crippen MR) is 88.9 cm³/mol. The maximum Gasteiger partial charge on any atom is 0.270 e. The molecule has 7 nitrogen and oxygen atoms in total. The predicted octanol–water partition coefficient (Wildman–Crippen LogP) is 0.895. The number of hydrogen-bond acceptors (Lipinski definition) is 4. The number of carbonyl (C=O) groups is 1. The number of fused-ring (bicyclic) bond motifs is 1. The molecule has 0 saturated carbocycles. The summed E-state index contributed by atoms with van der Waals surface area (Å²) in [5.74, 6) is -0.106. The Morgan fingerprint density at radius 1 is 1.38 bits per heavy atom. The van der Waals surface area contributed by atoms with E-state index in [1.165, 1.54) is 10.6 Å². The third-order valence-electron chi connectivity index (χ3n) is 4.34. The largest absolute Gasteiger partial charge is 0.381 e. The van der Waals surface area contributed by atoms with Gasteiger partial charge in [0.25, 0.3) is 11.5 Å². The van der Waals surface area contributed by atoms with E-state index < -0.39 is 0 Å². The summed E-state index contributed by atoms with van der Waals surface area (Å²) in [5.41, 5.74) is 2.23. The SMILES string of the molecule is CCOCC1CN(C(=O)c2cccc(=O)n2C)Cc2cn(C)nc21. The first-order valence-corrected chi connectivity index (χ1v) is 8.06. The summed E-state index contributed by atoms with van der Waals surface area (Å²) in [6.07, 6.45) is 1.94. The van der Waals surface area contributed by atoms with Crippen LogP contribution in [0.3, 0.4) is 0 Å². The van der Waals surface area contributed by atoms with Crippen molar-refractivity contribution in [2.24, 2.45) is 14.1 Å². The number of hydrogen-bond donors (Lipinski definition) is 0. The fourth-order valence-electron chi connectivity index (χ4n) is 3.13. The molecule has 7 heteroatoms. The number of aromatic nitrogens is 3. The highest BCUT2D eigenvalue weighted by molar-refractivity contribution is 5.92. The van der Waals surface area contributed by atoms with Crippen molar-refractivity contribution in [2.75, 3.05) is 19.8 Å². The van der Waals surface area contributed by atoms with Crippen molar-refractivity contribution in [2.45, 2.75) is 19.4 Å². The molecule has 24 heavy (non-hydrogen) atoms. The van der Waals surface area contributed by atoms with Crippen LogP contribution < -0.4 is 5.56 Å². The second-order valence-corrected chi connectivity index (χ2v) is 6.06. The zero-order valence-electron chi connectivity index (χ0n) is 14.2. The molecule has 2 aromatic heterocycles. The Morgan fingerprint density at radius 3 is 2.92 bits per heavy atom. The van der Waals surface area contributed by atoms with Gasteiger partial charge in [0, 0.05) is 57.5 Å². The quantitative estimate of drug-likeness (QED) is 0.835. The van der Waals surface area contributed by atoms with E-state index in [4.69, 9.17) is 4.74 Å². The highest BCUT2D eigenvalue weighted by atomic mass is 16.5.